The molecule has 0 fully saturated rings. The molecule has 0 aromatic carbocycles. The standard InChI is InChI=1S/C10H20/c1-4-7-9-10(6-3)8-5-2/h5,10H,2,4,6-9H2,1,3H3/t10-/m0/s1. The summed E-state index contributed by atoms with van der Waals surface area (Å²) in [6.45, 7) is 8.27. The fraction of sp³-hybridized carbons (Fsp3) is 0.800. The summed E-state index contributed by atoms with van der Waals surface area (Å²) < 4.78 is 0. The highest BCUT2D eigenvalue weighted by atomic mass is 14.1. The quantitative estimate of drug-likeness (QED) is 0.492. The molecule has 0 heteroatoms. The van der Waals surface area contributed by atoms with Crippen LogP contribution in [0.2, 0.25) is 0 Å². The molecule has 0 aliphatic rings. The summed E-state index contributed by atoms with van der Waals surface area (Å²) in [5.74, 6) is 0.900. The van der Waals surface area contributed by atoms with Crippen LogP contribution >= 0.6 is 0 Å². The summed E-state index contributed by atoms with van der Waals surface area (Å²) in [4.78, 5) is 0. The summed E-state index contributed by atoms with van der Waals surface area (Å²) in [7, 11) is 0. The number of rotatable bonds is 6. The molecule has 10 heavy (non-hydrogen) atoms. The van der Waals surface area contributed by atoms with E-state index in [4.69, 9.17) is 0 Å². The van der Waals surface area contributed by atoms with Gasteiger partial charge >= 0.3 is 0 Å². The van der Waals surface area contributed by atoms with Gasteiger partial charge in [-0.15, -0.1) is 6.58 Å². The SMILES string of the molecule is C=CC[C@H](CC)CCCC. The predicted octanol–water partition coefficient (Wildman–Crippen LogP) is 3.78. The molecule has 60 valence electrons. The monoisotopic (exact) mass is 140 g/mol. The van der Waals surface area contributed by atoms with Crippen molar-refractivity contribution >= 4 is 0 Å². The van der Waals surface area contributed by atoms with Gasteiger partial charge in [-0.1, -0.05) is 45.6 Å². The van der Waals surface area contributed by atoms with E-state index < -0.39 is 0 Å². The highest BCUT2D eigenvalue weighted by Crippen LogP contribution is 2.16. The fourth-order valence-corrected chi connectivity index (χ4v) is 1.22. The van der Waals surface area contributed by atoms with Gasteiger partial charge in [-0.25, -0.2) is 0 Å². The van der Waals surface area contributed by atoms with Crippen LogP contribution in [-0.4, -0.2) is 0 Å². The van der Waals surface area contributed by atoms with Crippen LogP contribution in [0, 0.1) is 5.92 Å². The lowest BCUT2D eigenvalue weighted by Crippen LogP contribution is -1.95. The van der Waals surface area contributed by atoms with Crippen molar-refractivity contribution in [1.29, 1.82) is 0 Å². The summed E-state index contributed by atoms with van der Waals surface area (Å²) in [6, 6.07) is 0. The molecule has 0 aromatic rings. The van der Waals surface area contributed by atoms with Gasteiger partial charge in [-0.3, -0.25) is 0 Å². The predicted molar refractivity (Wildman–Crippen MR) is 48.1 cm³/mol. The topological polar surface area (TPSA) is 0 Å². The third kappa shape index (κ3) is 4.60. The van der Waals surface area contributed by atoms with E-state index in [1.54, 1.807) is 0 Å². The van der Waals surface area contributed by atoms with Gasteiger partial charge in [0.25, 0.3) is 0 Å². The van der Waals surface area contributed by atoms with Gasteiger partial charge in [0.2, 0.25) is 0 Å². The molecular formula is C10H20. The van der Waals surface area contributed by atoms with E-state index in [9.17, 15) is 0 Å². The Morgan fingerprint density at radius 3 is 2.50 bits per heavy atom. The third-order valence-corrected chi connectivity index (χ3v) is 2.04. The average Bonchev–Trinajstić information content (AvgIpc) is 1.98. The zero-order valence-corrected chi connectivity index (χ0v) is 7.40. The maximum Gasteiger partial charge on any atom is -0.0325 e. The van der Waals surface area contributed by atoms with Crippen LogP contribution in [0.15, 0.2) is 12.7 Å². The van der Waals surface area contributed by atoms with E-state index in [2.05, 4.69) is 20.4 Å². The van der Waals surface area contributed by atoms with Crippen molar-refractivity contribution in [3.63, 3.8) is 0 Å². The Morgan fingerprint density at radius 2 is 2.10 bits per heavy atom. The Hall–Kier alpha value is -0.260. The third-order valence-electron chi connectivity index (χ3n) is 2.04. The van der Waals surface area contributed by atoms with E-state index in [-0.39, 0.29) is 0 Å². The molecule has 0 spiro atoms. The minimum atomic E-state index is 0.900. The van der Waals surface area contributed by atoms with Crippen molar-refractivity contribution in [2.45, 2.75) is 46.0 Å². The number of hydrogen-bond donors (Lipinski definition) is 0. The molecule has 0 aliphatic carbocycles. The van der Waals surface area contributed by atoms with Crippen molar-refractivity contribution in [2.24, 2.45) is 5.92 Å². The smallest absolute Gasteiger partial charge is 0.0325 e. The molecule has 0 rings (SSSR count). The zero-order valence-electron chi connectivity index (χ0n) is 7.40. The first-order valence-corrected chi connectivity index (χ1v) is 4.46. The minimum absolute atomic E-state index is 0.900. The maximum absolute atomic E-state index is 3.76. The molecule has 0 aliphatic heterocycles. The lowest BCUT2D eigenvalue weighted by atomic mass is 9.96. The lowest BCUT2D eigenvalue weighted by Gasteiger charge is -2.10. The number of unbranched alkanes of at least 4 members (excludes halogenated alkanes) is 1. The first-order valence-electron chi connectivity index (χ1n) is 4.46. The van der Waals surface area contributed by atoms with Crippen molar-refractivity contribution < 1.29 is 0 Å². The first kappa shape index (κ1) is 9.74. The Bertz CT molecular complexity index is 74.1. The molecule has 1 atom stereocenters. The van der Waals surface area contributed by atoms with Gasteiger partial charge in [0, 0.05) is 0 Å². The van der Waals surface area contributed by atoms with Crippen LogP contribution in [0.4, 0.5) is 0 Å². The van der Waals surface area contributed by atoms with Crippen LogP contribution < -0.4 is 0 Å². The van der Waals surface area contributed by atoms with Gasteiger partial charge in [0.15, 0.2) is 0 Å². The minimum Gasteiger partial charge on any atom is -0.103 e. The van der Waals surface area contributed by atoms with Crippen molar-refractivity contribution in [2.75, 3.05) is 0 Å². The Balaban J connectivity index is 3.29. The molecule has 0 nitrogen and oxygen atoms in total. The highest BCUT2D eigenvalue weighted by molar-refractivity contribution is 4.71. The van der Waals surface area contributed by atoms with E-state index in [0.29, 0.717) is 0 Å². The normalized spacial score (nSPS) is 13.0. The van der Waals surface area contributed by atoms with Gasteiger partial charge in [-0.05, 0) is 12.3 Å². The molecule has 0 bridgehead atoms. The molecule has 0 heterocycles. The second-order valence-electron chi connectivity index (χ2n) is 2.94. The summed E-state index contributed by atoms with van der Waals surface area (Å²) in [6.07, 6.45) is 8.66. The molecule has 0 aromatic heterocycles. The van der Waals surface area contributed by atoms with Crippen molar-refractivity contribution in [3.05, 3.63) is 12.7 Å². The number of hydrogen-bond acceptors (Lipinski definition) is 0. The summed E-state index contributed by atoms with van der Waals surface area (Å²) >= 11 is 0. The molecular weight excluding hydrogens is 120 g/mol. The van der Waals surface area contributed by atoms with Crippen LogP contribution in [0.1, 0.15) is 46.0 Å². The van der Waals surface area contributed by atoms with Gasteiger partial charge in [0.05, 0.1) is 0 Å². The van der Waals surface area contributed by atoms with Gasteiger partial charge in [0.1, 0.15) is 0 Å². The molecule has 0 radical (unpaired) electrons. The Morgan fingerprint density at radius 1 is 1.40 bits per heavy atom. The van der Waals surface area contributed by atoms with E-state index in [0.717, 1.165) is 5.92 Å². The molecule has 0 unspecified atom stereocenters. The van der Waals surface area contributed by atoms with Crippen molar-refractivity contribution in [3.8, 4) is 0 Å². The van der Waals surface area contributed by atoms with E-state index >= 15 is 0 Å². The molecule has 0 amide bonds. The maximum atomic E-state index is 3.76. The van der Waals surface area contributed by atoms with Crippen LogP contribution in [0.3, 0.4) is 0 Å². The van der Waals surface area contributed by atoms with Crippen LogP contribution in [-0.2, 0) is 0 Å². The van der Waals surface area contributed by atoms with Crippen molar-refractivity contribution in [1.82, 2.24) is 0 Å². The average molecular weight is 140 g/mol. The fourth-order valence-electron chi connectivity index (χ4n) is 1.22. The molecule has 0 saturated heterocycles. The molecule has 0 saturated carbocycles. The highest BCUT2D eigenvalue weighted by Gasteiger charge is 2.01. The van der Waals surface area contributed by atoms with Gasteiger partial charge in [-0.2, -0.15) is 0 Å². The number of allylic oxidation sites excluding steroid dienone is 1. The summed E-state index contributed by atoms with van der Waals surface area (Å²) in [5, 5.41) is 0. The second kappa shape index (κ2) is 6.85. The zero-order chi connectivity index (χ0) is 7.82. The van der Waals surface area contributed by atoms with E-state index in [1.165, 1.54) is 32.1 Å². The Labute approximate surface area is 65.3 Å². The van der Waals surface area contributed by atoms with Crippen LogP contribution in [0.25, 0.3) is 0 Å². The Kier molecular flexibility index (Phi) is 6.68. The van der Waals surface area contributed by atoms with Gasteiger partial charge < -0.3 is 0 Å². The first-order chi connectivity index (χ1) is 4.85. The lowest BCUT2D eigenvalue weighted by molar-refractivity contribution is 0.457. The molecule has 0 N–H and O–H groups in total. The summed E-state index contributed by atoms with van der Waals surface area (Å²) in [5.41, 5.74) is 0. The second-order valence-corrected chi connectivity index (χ2v) is 2.94. The van der Waals surface area contributed by atoms with E-state index in [1.807, 2.05) is 6.08 Å². The largest absolute Gasteiger partial charge is 0.103 e. The van der Waals surface area contributed by atoms with Crippen LogP contribution in [0.5, 0.6) is 0 Å².